The van der Waals surface area contributed by atoms with Crippen LogP contribution in [-0.4, -0.2) is 95.7 Å². The van der Waals surface area contributed by atoms with Gasteiger partial charge in [-0.3, -0.25) is 9.59 Å². The molecule has 2 aromatic heterocycles. The number of ether oxygens (including phenoxy) is 7. The summed E-state index contributed by atoms with van der Waals surface area (Å²) >= 11 is 6.28. The number of hydrogen-bond donors (Lipinski definition) is 2. The molecule has 0 spiro atoms. The highest BCUT2D eigenvalue weighted by Crippen LogP contribution is 2.33. The minimum atomic E-state index is -0.478. The van der Waals surface area contributed by atoms with Crippen LogP contribution in [0.2, 0.25) is 5.15 Å². The number of benzene rings is 6. The van der Waals surface area contributed by atoms with Gasteiger partial charge in [-0.25, -0.2) is 23.9 Å². The number of rotatable bonds is 20. The van der Waals surface area contributed by atoms with Gasteiger partial charge in [0.05, 0.1) is 46.2 Å². The monoisotopic (exact) mass is 1190 g/mol. The van der Waals surface area contributed by atoms with Gasteiger partial charge in [0.2, 0.25) is 0 Å². The normalized spacial score (nSPS) is 14.6. The van der Waals surface area contributed by atoms with E-state index in [0.29, 0.717) is 79.0 Å². The number of hydrogen-bond acceptors (Lipinski definition) is 15. The van der Waals surface area contributed by atoms with E-state index in [9.17, 15) is 23.6 Å². The van der Waals surface area contributed by atoms with E-state index in [-0.39, 0.29) is 72.9 Å². The molecule has 2 unspecified atom stereocenters. The van der Waals surface area contributed by atoms with Crippen LogP contribution in [0.1, 0.15) is 65.6 Å². The maximum atomic E-state index is 14.8. The second-order valence-electron chi connectivity index (χ2n) is 20.4. The number of halogens is 2. The highest BCUT2D eigenvalue weighted by atomic mass is 35.5. The molecule has 10 rings (SSSR count). The van der Waals surface area contributed by atoms with E-state index in [4.69, 9.17) is 49.7 Å². The Morgan fingerprint density at radius 1 is 0.558 bits per heavy atom. The molecule has 2 N–H and O–H groups in total. The highest BCUT2D eigenvalue weighted by Gasteiger charge is 2.30. The Hall–Kier alpha value is -9.56. The summed E-state index contributed by atoms with van der Waals surface area (Å²) < 4.78 is 56.8. The lowest BCUT2D eigenvalue weighted by Gasteiger charge is -2.33. The van der Waals surface area contributed by atoms with E-state index in [1.807, 2.05) is 109 Å². The molecule has 0 saturated carbocycles. The molecule has 4 heterocycles. The maximum Gasteiger partial charge on any atom is 0.410 e. The van der Waals surface area contributed by atoms with Crippen molar-refractivity contribution in [1.82, 2.24) is 28.9 Å². The zero-order valence-electron chi connectivity index (χ0n) is 48.3. The van der Waals surface area contributed by atoms with E-state index in [1.165, 1.54) is 18.3 Å². The van der Waals surface area contributed by atoms with Crippen molar-refractivity contribution >= 4 is 35.4 Å². The van der Waals surface area contributed by atoms with Gasteiger partial charge in [0.25, 0.3) is 11.1 Å². The number of nitrogens with one attached hydrogen (secondary N) is 2. The van der Waals surface area contributed by atoms with Crippen molar-refractivity contribution in [3.63, 3.8) is 0 Å². The molecule has 2 aliphatic heterocycles. The Labute approximate surface area is 502 Å². The number of likely N-dealkylation sites (tertiary alicyclic amines) is 2. The summed E-state index contributed by atoms with van der Waals surface area (Å²) in [5, 5.41) is 6.45. The van der Waals surface area contributed by atoms with Gasteiger partial charge in [0.15, 0.2) is 11.6 Å². The van der Waals surface area contributed by atoms with Gasteiger partial charge < -0.3 is 62.7 Å². The van der Waals surface area contributed by atoms with Crippen molar-refractivity contribution in [2.75, 3.05) is 65.3 Å². The van der Waals surface area contributed by atoms with Crippen molar-refractivity contribution in [1.29, 1.82) is 0 Å². The summed E-state index contributed by atoms with van der Waals surface area (Å²) in [5.74, 6) is 2.62. The van der Waals surface area contributed by atoms with E-state index >= 15 is 0 Å². The first kappa shape index (κ1) is 61.0. The molecule has 2 saturated heterocycles. The molecular formula is C65H68ClFN8O11. The standard InChI is InChI=1S/C39H39FN4O6.C26H29ClN4O5/c1-47-32-17-15-29(36(21-32)48-2)22-41-37-38(45)44(31-14-9-19-43(23-31)39(46)50-26-28-12-7-4-8-13-28)24-34(42-37)33-20-30(40)16-18-35(33)49-25-27-10-5-3-6-11-27;1-34-21-11-10-19(22(13-21)35-2)14-28-24-25(32)31(16-23(27)29-24)20-9-6-12-30(15-20)26(33)36-17-18-7-4-3-5-8-18/h3-8,10-13,15-18,20-21,24,31H,9,14,19,22-23,25-26H2,1-2H3,(H,41,42);3-5,7-8,10-11,13,16,20H,6,9,12,14-15,17H2,1-2H3,(H,28,29). The third-order valence-corrected chi connectivity index (χ3v) is 14.9. The number of aromatic nitrogens is 4. The predicted octanol–water partition coefficient (Wildman–Crippen LogP) is 11.7. The Kier molecular flexibility index (Phi) is 21.1. The number of carbonyl (C=O) groups excluding carboxylic acids is 2. The fraction of sp³-hybridized carbons (Fsp3) is 0.292. The maximum absolute atomic E-state index is 14.8. The van der Waals surface area contributed by atoms with Crippen molar-refractivity contribution in [3.05, 3.63) is 217 Å². The van der Waals surface area contributed by atoms with E-state index in [0.717, 1.165) is 40.7 Å². The fourth-order valence-electron chi connectivity index (χ4n) is 10.1. The minimum absolute atomic E-state index is 0.0578. The van der Waals surface area contributed by atoms with Crippen molar-refractivity contribution in [2.24, 2.45) is 0 Å². The van der Waals surface area contributed by atoms with Gasteiger partial charge in [-0.1, -0.05) is 103 Å². The summed E-state index contributed by atoms with van der Waals surface area (Å²) in [5.41, 5.74) is 4.37. The molecule has 21 heteroatoms. The van der Waals surface area contributed by atoms with Crippen LogP contribution in [0.25, 0.3) is 11.3 Å². The third kappa shape index (κ3) is 16.0. The van der Waals surface area contributed by atoms with Gasteiger partial charge in [0, 0.05) is 80.5 Å². The van der Waals surface area contributed by atoms with Gasteiger partial charge >= 0.3 is 12.2 Å². The summed E-state index contributed by atoms with van der Waals surface area (Å²) in [6, 6.07) is 43.1. The molecular weight excluding hydrogens is 1120 g/mol. The van der Waals surface area contributed by atoms with Crippen LogP contribution in [0.15, 0.2) is 168 Å². The van der Waals surface area contributed by atoms with Gasteiger partial charge in [-0.2, -0.15) is 0 Å². The Bertz CT molecular complexity index is 3690. The zero-order valence-corrected chi connectivity index (χ0v) is 49.0. The summed E-state index contributed by atoms with van der Waals surface area (Å²) in [6.45, 7) is 2.78. The molecule has 0 bridgehead atoms. The smallest absolute Gasteiger partial charge is 0.410 e. The molecule has 2 atom stereocenters. The third-order valence-electron chi connectivity index (χ3n) is 14.7. The lowest BCUT2D eigenvalue weighted by Crippen LogP contribution is -2.43. The molecule has 19 nitrogen and oxygen atoms in total. The minimum Gasteiger partial charge on any atom is -0.497 e. The van der Waals surface area contributed by atoms with E-state index < -0.39 is 18.0 Å². The summed E-state index contributed by atoms with van der Waals surface area (Å²) in [7, 11) is 6.29. The first-order valence-electron chi connectivity index (χ1n) is 28.1. The SMILES string of the molecule is COc1ccc(CNc2nc(-c3cc(F)ccc3OCc3ccccc3)cn(C3CCCN(C(=O)OCc4ccccc4)C3)c2=O)c(OC)c1.COc1ccc(CNc2nc(Cl)cn(C3CCCN(C(=O)OCc4ccccc4)C3)c2=O)c(OC)c1. The number of anilines is 2. The lowest BCUT2D eigenvalue weighted by atomic mass is 10.1. The van der Waals surface area contributed by atoms with Crippen LogP contribution in [0.3, 0.4) is 0 Å². The number of carbonyl (C=O) groups is 2. The highest BCUT2D eigenvalue weighted by molar-refractivity contribution is 6.29. The summed E-state index contributed by atoms with van der Waals surface area (Å²) in [6.07, 6.45) is 5.05. The second kappa shape index (κ2) is 29.8. The fourth-order valence-corrected chi connectivity index (χ4v) is 10.3. The first-order chi connectivity index (χ1) is 41.9. The molecule has 86 heavy (non-hydrogen) atoms. The van der Waals surface area contributed by atoms with Gasteiger partial charge in [-0.15, -0.1) is 0 Å². The zero-order chi connectivity index (χ0) is 60.4. The number of methoxy groups -OCH3 is 4. The lowest BCUT2D eigenvalue weighted by molar-refractivity contribution is 0.0793. The molecule has 0 radical (unpaired) electrons. The predicted molar refractivity (Wildman–Crippen MR) is 325 cm³/mol. The largest absolute Gasteiger partial charge is 0.497 e. The van der Waals surface area contributed by atoms with E-state index in [1.54, 1.807) is 77.8 Å². The van der Waals surface area contributed by atoms with Crippen LogP contribution < -0.4 is 45.4 Å². The molecule has 2 amide bonds. The summed E-state index contributed by atoms with van der Waals surface area (Å²) in [4.78, 5) is 65.4. The molecule has 2 aliphatic rings. The average molecular weight is 1190 g/mol. The topological polar surface area (TPSA) is 199 Å². The quantitative estimate of drug-likeness (QED) is 0.0730. The van der Waals surface area contributed by atoms with Gasteiger partial charge in [-0.05, 0) is 84.8 Å². The van der Waals surface area contributed by atoms with Crippen LogP contribution in [-0.2, 0) is 42.4 Å². The number of amides is 2. The Morgan fingerprint density at radius 2 is 1.02 bits per heavy atom. The van der Waals surface area contributed by atoms with Crippen molar-refractivity contribution < 1.29 is 47.1 Å². The molecule has 0 aliphatic carbocycles. The van der Waals surface area contributed by atoms with E-state index in [2.05, 4.69) is 15.6 Å². The van der Waals surface area contributed by atoms with Crippen LogP contribution in [0.5, 0.6) is 28.7 Å². The first-order valence-corrected chi connectivity index (χ1v) is 28.5. The van der Waals surface area contributed by atoms with Crippen molar-refractivity contribution in [2.45, 2.75) is 70.7 Å². The number of piperidine rings is 2. The van der Waals surface area contributed by atoms with Crippen LogP contribution >= 0.6 is 11.6 Å². The molecule has 2 fully saturated rings. The number of nitrogens with zero attached hydrogens (tertiary/aromatic N) is 6. The Morgan fingerprint density at radius 3 is 1.50 bits per heavy atom. The van der Waals surface area contributed by atoms with Crippen molar-refractivity contribution in [3.8, 4) is 40.0 Å². The second-order valence-corrected chi connectivity index (χ2v) is 20.7. The molecule has 6 aromatic carbocycles. The molecule has 448 valence electrons. The van der Waals surface area contributed by atoms with Crippen LogP contribution in [0.4, 0.5) is 25.6 Å². The Balaban J connectivity index is 0.000000217. The average Bonchev–Trinajstić information content (AvgIpc) is 2.22. The van der Waals surface area contributed by atoms with Gasteiger partial charge in [0.1, 0.15) is 59.5 Å². The molecule has 8 aromatic rings. The van der Waals surface area contributed by atoms with Crippen LogP contribution in [0, 0.1) is 5.82 Å².